The van der Waals surface area contributed by atoms with E-state index in [9.17, 15) is 4.39 Å². The van der Waals surface area contributed by atoms with Crippen molar-refractivity contribution in [3.63, 3.8) is 0 Å². The summed E-state index contributed by atoms with van der Waals surface area (Å²) in [6.07, 6.45) is 0. The van der Waals surface area contributed by atoms with Crippen LogP contribution < -0.4 is 5.73 Å². The SMILES string of the molecule is CN(C)C[C@H](N)c1ccc(F)cc1. The molecule has 0 heterocycles. The van der Waals surface area contributed by atoms with Crippen molar-refractivity contribution in [3.8, 4) is 0 Å². The summed E-state index contributed by atoms with van der Waals surface area (Å²) in [5.74, 6) is -0.221. The van der Waals surface area contributed by atoms with Crippen LogP contribution in [0.3, 0.4) is 0 Å². The Kier molecular flexibility index (Phi) is 3.39. The van der Waals surface area contributed by atoms with Crippen molar-refractivity contribution >= 4 is 0 Å². The molecule has 0 aliphatic heterocycles. The maximum atomic E-state index is 12.6. The Balaban J connectivity index is 2.66. The normalized spacial score (nSPS) is 13.3. The smallest absolute Gasteiger partial charge is 0.123 e. The fraction of sp³-hybridized carbons (Fsp3) is 0.400. The quantitative estimate of drug-likeness (QED) is 0.765. The number of hydrogen-bond acceptors (Lipinski definition) is 2. The zero-order chi connectivity index (χ0) is 9.84. The van der Waals surface area contributed by atoms with Gasteiger partial charge in [0.2, 0.25) is 0 Å². The lowest BCUT2D eigenvalue weighted by molar-refractivity contribution is 0.376. The molecule has 0 radical (unpaired) electrons. The van der Waals surface area contributed by atoms with E-state index in [1.807, 2.05) is 19.0 Å². The fourth-order valence-electron chi connectivity index (χ4n) is 1.21. The molecule has 1 atom stereocenters. The minimum absolute atomic E-state index is 0.0457. The Morgan fingerprint density at radius 3 is 2.31 bits per heavy atom. The Morgan fingerprint density at radius 1 is 1.31 bits per heavy atom. The molecule has 1 aromatic rings. The van der Waals surface area contributed by atoms with E-state index in [4.69, 9.17) is 5.73 Å². The van der Waals surface area contributed by atoms with Crippen LogP contribution in [0, 0.1) is 5.82 Å². The first-order chi connectivity index (χ1) is 6.09. The van der Waals surface area contributed by atoms with Gasteiger partial charge >= 0.3 is 0 Å². The van der Waals surface area contributed by atoms with Crippen molar-refractivity contribution in [1.82, 2.24) is 4.90 Å². The molecule has 0 bridgehead atoms. The lowest BCUT2D eigenvalue weighted by Crippen LogP contribution is -2.25. The predicted molar refractivity (Wildman–Crippen MR) is 51.9 cm³/mol. The molecule has 0 spiro atoms. The number of hydrogen-bond donors (Lipinski definition) is 1. The molecule has 2 N–H and O–H groups in total. The molecule has 0 saturated heterocycles. The zero-order valence-electron chi connectivity index (χ0n) is 8.00. The standard InChI is InChI=1S/C10H15FN2/c1-13(2)7-10(12)8-3-5-9(11)6-4-8/h3-6,10H,7,12H2,1-2H3/t10-/m0/s1. The number of nitrogens with two attached hydrogens (primary N) is 1. The van der Waals surface area contributed by atoms with Crippen LogP contribution in [-0.2, 0) is 0 Å². The minimum Gasteiger partial charge on any atom is -0.323 e. The average Bonchev–Trinajstić information content (AvgIpc) is 2.04. The highest BCUT2D eigenvalue weighted by atomic mass is 19.1. The van der Waals surface area contributed by atoms with Gasteiger partial charge in [-0.05, 0) is 31.8 Å². The van der Waals surface area contributed by atoms with E-state index >= 15 is 0 Å². The first-order valence-electron chi connectivity index (χ1n) is 4.25. The van der Waals surface area contributed by atoms with Crippen molar-refractivity contribution in [3.05, 3.63) is 35.6 Å². The first-order valence-corrected chi connectivity index (χ1v) is 4.25. The number of likely N-dealkylation sites (N-methyl/N-ethyl adjacent to an activating group) is 1. The molecule has 3 heteroatoms. The second-order valence-corrected chi connectivity index (χ2v) is 3.42. The summed E-state index contributed by atoms with van der Waals surface area (Å²) in [4.78, 5) is 2.01. The van der Waals surface area contributed by atoms with Gasteiger partial charge in [-0.3, -0.25) is 0 Å². The van der Waals surface area contributed by atoms with Gasteiger partial charge in [0, 0.05) is 12.6 Å². The summed E-state index contributed by atoms with van der Waals surface area (Å²) in [7, 11) is 3.92. The van der Waals surface area contributed by atoms with E-state index in [1.165, 1.54) is 12.1 Å². The molecule has 1 rings (SSSR count). The Labute approximate surface area is 78.2 Å². The predicted octanol–water partition coefficient (Wildman–Crippen LogP) is 1.39. The summed E-state index contributed by atoms with van der Waals surface area (Å²) < 4.78 is 12.6. The number of benzene rings is 1. The summed E-state index contributed by atoms with van der Waals surface area (Å²) in [5, 5.41) is 0. The van der Waals surface area contributed by atoms with Crippen LogP contribution in [0.15, 0.2) is 24.3 Å². The third-order valence-corrected chi connectivity index (χ3v) is 1.86. The number of rotatable bonds is 3. The second-order valence-electron chi connectivity index (χ2n) is 3.42. The van der Waals surface area contributed by atoms with Gasteiger partial charge in [0.05, 0.1) is 0 Å². The number of nitrogens with zero attached hydrogens (tertiary/aromatic N) is 1. The summed E-state index contributed by atoms with van der Waals surface area (Å²) in [6.45, 7) is 0.769. The Hall–Kier alpha value is -0.930. The molecule has 2 nitrogen and oxygen atoms in total. The molecular formula is C10H15FN2. The fourth-order valence-corrected chi connectivity index (χ4v) is 1.21. The molecule has 13 heavy (non-hydrogen) atoms. The lowest BCUT2D eigenvalue weighted by atomic mass is 10.1. The molecule has 0 unspecified atom stereocenters. The van der Waals surface area contributed by atoms with E-state index in [0.717, 1.165) is 12.1 Å². The molecule has 0 amide bonds. The topological polar surface area (TPSA) is 29.3 Å². The first kappa shape index (κ1) is 10.2. The van der Waals surface area contributed by atoms with Crippen molar-refractivity contribution in [1.29, 1.82) is 0 Å². The van der Waals surface area contributed by atoms with Crippen molar-refractivity contribution < 1.29 is 4.39 Å². The van der Waals surface area contributed by atoms with E-state index < -0.39 is 0 Å². The van der Waals surface area contributed by atoms with Gasteiger partial charge in [-0.1, -0.05) is 12.1 Å². The van der Waals surface area contributed by atoms with Crippen molar-refractivity contribution in [2.45, 2.75) is 6.04 Å². The molecule has 72 valence electrons. The van der Waals surface area contributed by atoms with E-state index in [0.29, 0.717) is 0 Å². The Morgan fingerprint density at radius 2 is 1.85 bits per heavy atom. The van der Waals surface area contributed by atoms with E-state index in [-0.39, 0.29) is 11.9 Å². The van der Waals surface area contributed by atoms with Gasteiger partial charge in [0.25, 0.3) is 0 Å². The van der Waals surface area contributed by atoms with Gasteiger partial charge in [0.15, 0.2) is 0 Å². The molecular weight excluding hydrogens is 167 g/mol. The van der Waals surface area contributed by atoms with E-state index in [1.54, 1.807) is 12.1 Å². The monoisotopic (exact) mass is 182 g/mol. The lowest BCUT2D eigenvalue weighted by Gasteiger charge is -2.16. The number of halogens is 1. The summed E-state index contributed by atoms with van der Waals surface area (Å²) >= 11 is 0. The highest BCUT2D eigenvalue weighted by Gasteiger charge is 2.06. The van der Waals surface area contributed by atoms with Gasteiger partial charge in [-0.25, -0.2) is 4.39 Å². The van der Waals surface area contributed by atoms with Crippen LogP contribution in [0.2, 0.25) is 0 Å². The average molecular weight is 182 g/mol. The third kappa shape index (κ3) is 3.13. The van der Waals surface area contributed by atoms with Gasteiger partial charge in [-0.2, -0.15) is 0 Å². The molecule has 0 aromatic heterocycles. The van der Waals surface area contributed by atoms with Crippen LogP contribution in [0.4, 0.5) is 4.39 Å². The van der Waals surface area contributed by atoms with E-state index in [2.05, 4.69) is 0 Å². The van der Waals surface area contributed by atoms with Crippen molar-refractivity contribution in [2.24, 2.45) is 5.73 Å². The highest BCUT2D eigenvalue weighted by molar-refractivity contribution is 5.19. The maximum Gasteiger partial charge on any atom is 0.123 e. The molecule has 0 fully saturated rings. The van der Waals surface area contributed by atoms with Crippen LogP contribution in [0.5, 0.6) is 0 Å². The van der Waals surface area contributed by atoms with Gasteiger partial charge in [0.1, 0.15) is 5.82 Å². The van der Waals surface area contributed by atoms with Crippen LogP contribution >= 0.6 is 0 Å². The van der Waals surface area contributed by atoms with Gasteiger partial charge < -0.3 is 10.6 Å². The second kappa shape index (κ2) is 4.35. The summed E-state index contributed by atoms with van der Waals surface area (Å²) in [5.41, 5.74) is 6.85. The van der Waals surface area contributed by atoms with Crippen LogP contribution in [-0.4, -0.2) is 25.5 Å². The minimum atomic E-state index is -0.221. The third-order valence-electron chi connectivity index (χ3n) is 1.86. The van der Waals surface area contributed by atoms with Gasteiger partial charge in [-0.15, -0.1) is 0 Å². The molecule has 0 aliphatic carbocycles. The molecule has 0 saturated carbocycles. The zero-order valence-corrected chi connectivity index (χ0v) is 8.00. The Bertz CT molecular complexity index is 256. The maximum absolute atomic E-state index is 12.6. The molecule has 1 aromatic carbocycles. The van der Waals surface area contributed by atoms with Crippen molar-refractivity contribution in [2.75, 3.05) is 20.6 Å². The summed E-state index contributed by atoms with van der Waals surface area (Å²) in [6, 6.07) is 6.28. The van der Waals surface area contributed by atoms with Crippen LogP contribution in [0.25, 0.3) is 0 Å². The highest BCUT2D eigenvalue weighted by Crippen LogP contribution is 2.11. The molecule has 0 aliphatic rings. The largest absolute Gasteiger partial charge is 0.323 e. The van der Waals surface area contributed by atoms with Crippen LogP contribution in [0.1, 0.15) is 11.6 Å².